The topological polar surface area (TPSA) is 49.9 Å². The molecule has 1 aromatic carbocycles. The number of halogens is 1. The van der Waals surface area contributed by atoms with Crippen LogP contribution in [0.2, 0.25) is 0 Å². The van der Waals surface area contributed by atoms with E-state index in [2.05, 4.69) is 18.7 Å². The van der Waals surface area contributed by atoms with Crippen molar-refractivity contribution >= 4 is 39.7 Å². The van der Waals surface area contributed by atoms with Gasteiger partial charge in [-0.25, -0.2) is 0 Å². The van der Waals surface area contributed by atoms with Crippen molar-refractivity contribution in [3.63, 3.8) is 0 Å². The fourth-order valence-corrected chi connectivity index (χ4v) is 2.56. The van der Waals surface area contributed by atoms with Crippen molar-refractivity contribution in [1.82, 2.24) is 0 Å². The van der Waals surface area contributed by atoms with Crippen LogP contribution in [-0.2, 0) is 6.42 Å². The van der Waals surface area contributed by atoms with Gasteiger partial charge in [0.25, 0.3) is 0 Å². The fraction of sp³-hybridized carbons (Fsp3) is 0.0833. The third kappa shape index (κ3) is 2.26. The van der Waals surface area contributed by atoms with Crippen LogP contribution in [0.4, 0.5) is 0 Å². The first-order valence-electron chi connectivity index (χ1n) is 4.69. The number of allylic oxidation sites excluding steroid dienone is 1. The standard InChI is InChI=1S/C12H12N2S.ClH/c1-2-4-8-5-3-6-10-9(8)7-11(15-10)12(13)14;/h2-3,5-7H,1,4H2,(H3,13,14);1H. The van der Waals surface area contributed by atoms with Crippen LogP contribution in [0, 0.1) is 5.41 Å². The molecule has 2 nitrogen and oxygen atoms in total. The molecule has 84 valence electrons. The highest BCUT2D eigenvalue weighted by Gasteiger charge is 2.06. The zero-order chi connectivity index (χ0) is 10.8. The number of benzene rings is 1. The summed E-state index contributed by atoms with van der Waals surface area (Å²) in [6.45, 7) is 3.74. The number of hydrogen-bond donors (Lipinski definition) is 2. The smallest absolute Gasteiger partial charge is 0.133 e. The first kappa shape index (κ1) is 12.7. The predicted molar refractivity (Wildman–Crippen MR) is 74.0 cm³/mol. The number of nitrogens with one attached hydrogen (secondary N) is 1. The van der Waals surface area contributed by atoms with Crippen molar-refractivity contribution in [2.24, 2.45) is 5.73 Å². The maximum atomic E-state index is 7.41. The van der Waals surface area contributed by atoms with Crippen molar-refractivity contribution in [3.05, 3.63) is 47.4 Å². The van der Waals surface area contributed by atoms with E-state index in [-0.39, 0.29) is 18.2 Å². The molecule has 16 heavy (non-hydrogen) atoms. The molecular weight excluding hydrogens is 240 g/mol. The Balaban J connectivity index is 0.00000128. The van der Waals surface area contributed by atoms with Crippen molar-refractivity contribution in [1.29, 1.82) is 5.41 Å². The number of amidine groups is 1. The van der Waals surface area contributed by atoms with Gasteiger partial charge in [-0.15, -0.1) is 30.3 Å². The van der Waals surface area contributed by atoms with Crippen molar-refractivity contribution in [2.45, 2.75) is 6.42 Å². The van der Waals surface area contributed by atoms with Gasteiger partial charge in [-0.05, 0) is 29.5 Å². The molecule has 0 unspecified atom stereocenters. The highest BCUT2D eigenvalue weighted by atomic mass is 35.5. The number of nitrogens with two attached hydrogens (primary N) is 1. The maximum absolute atomic E-state index is 7.41. The van der Waals surface area contributed by atoms with E-state index in [1.165, 1.54) is 15.6 Å². The average molecular weight is 253 g/mol. The minimum absolute atomic E-state index is 0. The van der Waals surface area contributed by atoms with E-state index in [1.54, 1.807) is 11.3 Å². The summed E-state index contributed by atoms with van der Waals surface area (Å²) in [6.07, 6.45) is 2.74. The molecule has 2 rings (SSSR count). The largest absolute Gasteiger partial charge is 0.383 e. The molecule has 3 N–H and O–H groups in total. The summed E-state index contributed by atoms with van der Waals surface area (Å²) in [4.78, 5) is 0.835. The Morgan fingerprint density at radius 3 is 2.88 bits per heavy atom. The highest BCUT2D eigenvalue weighted by molar-refractivity contribution is 7.20. The Kier molecular flexibility index (Phi) is 4.10. The molecule has 0 aliphatic carbocycles. The van der Waals surface area contributed by atoms with Gasteiger partial charge in [0.2, 0.25) is 0 Å². The van der Waals surface area contributed by atoms with Gasteiger partial charge in [0.1, 0.15) is 5.84 Å². The molecule has 0 atom stereocenters. The summed E-state index contributed by atoms with van der Waals surface area (Å²) in [6, 6.07) is 8.16. The molecule has 1 heterocycles. The van der Waals surface area contributed by atoms with Crippen molar-refractivity contribution in [2.75, 3.05) is 0 Å². The highest BCUT2D eigenvalue weighted by Crippen LogP contribution is 2.28. The number of fused-ring (bicyclic) bond motifs is 1. The van der Waals surface area contributed by atoms with E-state index in [9.17, 15) is 0 Å². The van der Waals surface area contributed by atoms with Crippen LogP contribution >= 0.6 is 23.7 Å². The molecule has 4 heteroatoms. The van der Waals surface area contributed by atoms with Crippen LogP contribution < -0.4 is 5.73 Å². The first-order chi connectivity index (χ1) is 7.22. The van der Waals surface area contributed by atoms with Crippen LogP contribution in [0.5, 0.6) is 0 Å². The Morgan fingerprint density at radius 2 is 2.25 bits per heavy atom. The normalized spacial score (nSPS) is 9.75. The van der Waals surface area contributed by atoms with Crippen LogP contribution in [0.3, 0.4) is 0 Å². The molecule has 0 saturated carbocycles. The van der Waals surface area contributed by atoms with Crippen LogP contribution in [0.25, 0.3) is 10.1 Å². The summed E-state index contributed by atoms with van der Waals surface area (Å²) in [7, 11) is 0. The van der Waals surface area contributed by atoms with Gasteiger partial charge in [-0.2, -0.15) is 0 Å². The Hall–Kier alpha value is -1.32. The lowest BCUT2D eigenvalue weighted by Gasteiger charge is -1.97. The fourth-order valence-electron chi connectivity index (χ4n) is 1.59. The van der Waals surface area contributed by atoms with E-state index in [0.29, 0.717) is 0 Å². The average Bonchev–Trinajstić information content (AvgIpc) is 2.63. The lowest BCUT2D eigenvalue weighted by atomic mass is 10.1. The lowest BCUT2D eigenvalue weighted by molar-refractivity contribution is 1.31. The third-order valence-corrected chi connectivity index (χ3v) is 3.42. The molecule has 2 aromatic rings. The zero-order valence-corrected chi connectivity index (χ0v) is 10.3. The van der Waals surface area contributed by atoms with Crippen molar-refractivity contribution < 1.29 is 0 Å². The molecule has 0 bridgehead atoms. The quantitative estimate of drug-likeness (QED) is 0.491. The Labute approximate surface area is 105 Å². The minimum atomic E-state index is 0. The number of thiophene rings is 1. The predicted octanol–water partition coefficient (Wildman–Crippen LogP) is 3.34. The molecule has 0 aliphatic rings. The van der Waals surface area contributed by atoms with Crippen molar-refractivity contribution in [3.8, 4) is 0 Å². The van der Waals surface area contributed by atoms with Gasteiger partial charge in [-0.1, -0.05) is 18.2 Å². The van der Waals surface area contributed by atoms with E-state index in [0.717, 1.165) is 11.3 Å². The minimum Gasteiger partial charge on any atom is -0.383 e. The second-order valence-corrected chi connectivity index (χ2v) is 4.43. The van der Waals surface area contributed by atoms with Gasteiger partial charge in [0.05, 0.1) is 4.88 Å². The van der Waals surface area contributed by atoms with Crippen LogP contribution in [-0.4, -0.2) is 5.84 Å². The maximum Gasteiger partial charge on any atom is 0.133 e. The zero-order valence-electron chi connectivity index (χ0n) is 8.69. The second kappa shape index (κ2) is 5.14. The Morgan fingerprint density at radius 1 is 1.50 bits per heavy atom. The number of hydrogen-bond acceptors (Lipinski definition) is 2. The monoisotopic (exact) mass is 252 g/mol. The molecule has 0 saturated heterocycles. The van der Waals surface area contributed by atoms with Gasteiger partial charge in [-0.3, -0.25) is 5.41 Å². The summed E-state index contributed by atoms with van der Waals surface area (Å²) in [5.41, 5.74) is 6.72. The SMILES string of the molecule is C=CCc1cccc2sc(C(=N)N)cc12.Cl. The Bertz CT molecular complexity index is 531. The number of rotatable bonds is 3. The van der Waals surface area contributed by atoms with E-state index >= 15 is 0 Å². The van der Waals surface area contributed by atoms with Gasteiger partial charge >= 0.3 is 0 Å². The van der Waals surface area contributed by atoms with Crippen LogP contribution in [0.15, 0.2) is 36.9 Å². The second-order valence-electron chi connectivity index (χ2n) is 3.35. The molecule has 0 aliphatic heterocycles. The first-order valence-corrected chi connectivity index (χ1v) is 5.50. The van der Waals surface area contributed by atoms with Crippen LogP contribution in [0.1, 0.15) is 10.4 Å². The van der Waals surface area contributed by atoms with Gasteiger partial charge < -0.3 is 5.73 Å². The third-order valence-electron chi connectivity index (χ3n) is 2.28. The summed E-state index contributed by atoms with van der Waals surface area (Å²) < 4.78 is 1.18. The lowest BCUT2D eigenvalue weighted by Crippen LogP contribution is -2.08. The van der Waals surface area contributed by atoms with E-state index < -0.39 is 0 Å². The molecular formula is C12H13ClN2S. The van der Waals surface area contributed by atoms with E-state index in [4.69, 9.17) is 11.1 Å². The molecule has 0 fully saturated rings. The number of nitrogen functional groups attached to an aromatic ring is 1. The van der Waals surface area contributed by atoms with Gasteiger partial charge in [0, 0.05) is 4.70 Å². The summed E-state index contributed by atoms with van der Waals surface area (Å²) in [5, 5.41) is 8.60. The molecule has 0 spiro atoms. The molecule has 1 aromatic heterocycles. The molecule has 0 amide bonds. The molecule has 0 radical (unpaired) electrons. The van der Waals surface area contributed by atoms with Gasteiger partial charge in [0.15, 0.2) is 0 Å². The summed E-state index contributed by atoms with van der Waals surface area (Å²) >= 11 is 1.56. The summed E-state index contributed by atoms with van der Waals surface area (Å²) in [5.74, 6) is 0.140. The van der Waals surface area contributed by atoms with E-state index in [1.807, 2.05) is 18.2 Å².